The largest absolute Gasteiger partial charge is 0.433 e. The number of para-hydroxylation sites is 1. The van der Waals surface area contributed by atoms with Crippen LogP contribution in [0.15, 0.2) is 18.2 Å². The van der Waals surface area contributed by atoms with Gasteiger partial charge in [-0.25, -0.2) is 0 Å². The van der Waals surface area contributed by atoms with Crippen molar-refractivity contribution in [2.75, 3.05) is 0 Å². The highest BCUT2D eigenvalue weighted by atomic mass is 19.4. The number of carbonyl (C=O) groups is 1. The molecule has 1 aromatic rings. The lowest BCUT2D eigenvalue weighted by molar-refractivity contribution is -0.141. The van der Waals surface area contributed by atoms with E-state index in [2.05, 4.69) is 4.74 Å². The summed E-state index contributed by atoms with van der Waals surface area (Å²) in [5, 5.41) is 0. The molecule has 0 radical (unpaired) electrons. The van der Waals surface area contributed by atoms with Gasteiger partial charge in [0.2, 0.25) is 0 Å². The van der Waals surface area contributed by atoms with Crippen LogP contribution in [-0.4, -0.2) is 12.4 Å². The molecule has 0 heterocycles. The van der Waals surface area contributed by atoms with Gasteiger partial charge < -0.3 is 4.74 Å². The number of carbonyl (C=O) groups excluding carboxylic acids is 1. The molecule has 0 saturated heterocycles. The minimum absolute atomic E-state index is 0.110. The third-order valence-electron chi connectivity index (χ3n) is 2.15. The van der Waals surface area contributed by atoms with Gasteiger partial charge in [-0.1, -0.05) is 13.0 Å². The van der Waals surface area contributed by atoms with E-state index >= 15 is 0 Å². The van der Waals surface area contributed by atoms with Gasteiger partial charge in [0.1, 0.15) is 5.75 Å². The Balaban J connectivity index is 3.39. The molecule has 0 N–H and O–H groups in total. The number of hydrogen-bond acceptors (Lipinski definition) is 2. The van der Waals surface area contributed by atoms with Crippen LogP contribution in [0.25, 0.3) is 0 Å². The van der Waals surface area contributed by atoms with Gasteiger partial charge in [0.05, 0.1) is 11.1 Å². The van der Waals surface area contributed by atoms with Crippen LogP contribution >= 0.6 is 0 Å². The van der Waals surface area contributed by atoms with Crippen molar-refractivity contribution in [3.63, 3.8) is 0 Å². The Kier molecular flexibility index (Phi) is 4.26. The van der Waals surface area contributed by atoms with Crippen molar-refractivity contribution >= 4 is 5.78 Å². The van der Waals surface area contributed by atoms with Crippen LogP contribution in [0.5, 0.6) is 5.75 Å². The molecule has 0 fully saturated rings. The normalized spacial score (nSPS) is 11.7. The van der Waals surface area contributed by atoms with Gasteiger partial charge in [0, 0.05) is 6.42 Å². The summed E-state index contributed by atoms with van der Waals surface area (Å²) in [7, 11) is 0. The minimum Gasteiger partial charge on any atom is -0.433 e. The Morgan fingerprint density at radius 3 is 2.39 bits per heavy atom. The number of benzene rings is 1. The summed E-state index contributed by atoms with van der Waals surface area (Å²) in [6, 6.07) is 2.59. The maximum Gasteiger partial charge on any atom is 0.419 e. The lowest BCUT2D eigenvalue weighted by Crippen LogP contribution is -2.15. The number of halogens is 5. The summed E-state index contributed by atoms with van der Waals surface area (Å²) in [5.74, 6) is -1.82. The van der Waals surface area contributed by atoms with E-state index < -0.39 is 35.4 Å². The predicted octanol–water partition coefficient (Wildman–Crippen LogP) is 3.90. The summed E-state index contributed by atoms with van der Waals surface area (Å²) in [4.78, 5) is 11.4. The topological polar surface area (TPSA) is 26.3 Å². The standard InChI is InChI=1S/C11H9F5O2/c1-2-8(17)6-4-3-5-7(11(14,15)16)9(6)18-10(12)13/h3-5,10H,2H2,1H3. The number of Topliss-reactive ketones (excluding diaryl/α,β-unsaturated/α-hetero) is 1. The van der Waals surface area contributed by atoms with Gasteiger partial charge in [0.15, 0.2) is 5.78 Å². The second-order valence-electron chi connectivity index (χ2n) is 3.34. The van der Waals surface area contributed by atoms with Crippen molar-refractivity contribution in [1.82, 2.24) is 0 Å². The first kappa shape index (κ1) is 14.4. The van der Waals surface area contributed by atoms with Crippen LogP contribution < -0.4 is 4.74 Å². The molecule has 1 aromatic carbocycles. The molecule has 0 aliphatic rings. The van der Waals surface area contributed by atoms with Crippen molar-refractivity contribution in [2.45, 2.75) is 26.1 Å². The Morgan fingerprint density at radius 2 is 1.94 bits per heavy atom. The summed E-state index contributed by atoms with van der Waals surface area (Å²) in [6.45, 7) is -2.02. The van der Waals surface area contributed by atoms with Crippen molar-refractivity contribution in [3.05, 3.63) is 29.3 Å². The number of alkyl halides is 5. The van der Waals surface area contributed by atoms with Crippen LogP contribution in [-0.2, 0) is 6.18 Å². The lowest BCUT2D eigenvalue weighted by Gasteiger charge is -2.16. The SMILES string of the molecule is CCC(=O)c1cccc(C(F)(F)F)c1OC(F)F. The van der Waals surface area contributed by atoms with E-state index in [1.54, 1.807) is 0 Å². The highest BCUT2D eigenvalue weighted by Crippen LogP contribution is 2.39. The van der Waals surface area contributed by atoms with Crippen LogP contribution in [0.4, 0.5) is 22.0 Å². The molecule has 0 bridgehead atoms. The van der Waals surface area contributed by atoms with E-state index in [1.807, 2.05) is 0 Å². The summed E-state index contributed by atoms with van der Waals surface area (Å²) < 4.78 is 66.0. The molecule has 0 atom stereocenters. The molecule has 0 spiro atoms. The molecule has 18 heavy (non-hydrogen) atoms. The fraction of sp³-hybridized carbons (Fsp3) is 0.364. The molecule has 1 rings (SSSR count). The van der Waals surface area contributed by atoms with Crippen molar-refractivity contribution in [3.8, 4) is 5.75 Å². The quantitative estimate of drug-likeness (QED) is 0.611. The maximum atomic E-state index is 12.6. The highest BCUT2D eigenvalue weighted by Gasteiger charge is 2.36. The molecule has 0 aromatic heterocycles. The first-order valence-corrected chi connectivity index (χ1v) is 4.95. The number of ether oxygens (including phenoxy) is 1. The first-order chi connectivity index (χ1) is 8.27. The van der Waals surface area contributed by atoms with Gasteiger partial charge >= 0.3 is 12.8 Å². The van der Waals surface area contributed by atoms with Gasteiger partial charge in [-0.2, -0.15) is 22.0 Å². The van der Waals surface area contributed by atoms with Crippen molar-refractivity contribution in [2.24, 2.45) is 0 Å². The number of rotatable bonds is 4. The van der Waals surface area contributed by atoms with E-state index in [0.717, 1.165) is 12.1 Å². The van der Waals surface area contributed by atoms with Crippen LogP contribution in [0.2, 0.25) is 0 Å². The van der Waals surface area contributed by atoms with Gasteiger partial charge in [0.25, 0.3) is 0 Å². The molecule has 0 aliphatic carbocycles. The summed E-state index contributed by atoms with van der Waals surface area (Å²) in [5.41, 5.74) is -1.88. The zero-order valence-corrected chi connectivity index (χ0v) is 9.22. The zero-order chi connectivity index (χ0) is 13.9. The molecule has 0 unspecified atom stereocenters. The Bertz CT molecular complexity index is 440. The van der Waals surface area contributed by atoms with Crippen molar-refractivity contribution in [1.29, 1.82) is 0 Å². The molecule has 7 heteroatoms. The highest BCUT2D eigenvalue weighted by molar-refractivity contribution is 5.98. The van der Waals surface area contributed by atoms with E-state index in [1.165, 1.54) is 6.92 Å². The van der Waals surface area contributed by atoms with Crippen LogP contribution in [0, 0.1) is 0 Å². The lowest BCUT2D eigenvalue weighted by atomic mass is 10.0. The zero-order valence-electron chi connectivity index (χ0n) is 9.22. The van der Waals surface area contributed by atoms with E-state index in [-0.39, 0.29) is 6.42 Å². The number of ketones is 1. The van der Waals surface area contributed by atoms with Gasteiger partial charge in [-0.15, -0.1) is 0 Å². The van der Waals surface area contributed by atoms with Gasteiger partial charge in [-0.05, 0) is 12.1 Å². The third-order valence-corrected chi connectivity index (χ3v) is 2.15. The van der Waals surface area contributed by atoms with E-state index in [0.29, 0.717) is 6.07 Å². The summed E-state index contributed by atoms with van der Waals surface area (Å²) >= 11 is 0. The molecule has 100 valence electrons. The van der Waals surface area contributed by atoms with Crippen LogP contribution in [0.3, 0.4) is 0 Å². The smallest absolute Gasteiger partial charge is 0.419 e. The summed E-state index contributed by atoms with van der Waals surface area (Å²) in [6.07, 6.45) is -4.98. The van der Waals surface area contributed by atoms with Gasteiger partial charge in [-0.3, -0.25) is 4.79 Å². The maximum absolute atomic E-state index is 12.6. The molecule has 0 aliphatic heterocycles. The molecular weight excluding hydrogens is 259 g/mol. The molecule has 0 amide bonds. The molecular formula is C11H9F5O2. The predicted molar refractivity (Wildman–Crippen MR) is 52.7 cm³/mol. The molecule has 2 nitrogen and oxygen atoms in total. The monoisotopic (exact) mass is 268 g/mol. The average molecular weight is 268 g/mol. The first-order valence-electron chi connectivity index (χ1n) is 4.95. The van der Waals surface area contributed by atoms with Crippen molar-refractivity contribution < 1.29 is 31.5 Å². The minimum atomic E-state index is -4.87. The third kappa shape index (κ3) is 3.18. The Morgan fingerprint density at radius 1 is 1.33 bits per heavy atom. The van der Waals surface area contributed by atoms with E-state index in [4.69, 9.17) is 0 Å². The fourth-order valence-electron chi connectivity index (χ4n) is 1.39. The fourth-order valence-corrected chi connectivity index (χ4v) is 1.39. The Labute approximate surface area is 99.4 Å². The van der Waals surface area contributed by atoms with Crippen LogP contribution in [0.1, 0.15) is 29.3 Å². The molecule has 0 saturated carbocycles. The number of hydrogen-bond donors (Lipinski definition) is 0. The second-order valence-corrected chi connectivity index (χ2v) is 3.34. The average Bonchev–Trinajstić information content (AvgIpc) is 2.26. The van der Waals surface area contributed by atoms with E-state index in [9.17, 15) is 26.7 Å². The second kappa shape index (κ2) is 5.32. The Hall–Kier alpha value is -1.66.